The van der Waals surface area contributed by atoms with Crippen molar-refractivity contribution in [1.82, 2.24) is 5.32 Å². The highest BCUT2D eigenvalue weighted by atomic mass is 19.1. The van der Waals surface area contributed by atoms with Crippen molar-refractivity contribution < 1.29 is 14.3 Å². The van der Waals surface area contributed by atoms with Crippen LogP contribution in [0.3, 0.4) is 0 Å². The quantitative estimate of drug-likeness (QED) is 0.562. The molecule has 0 radical (unpaired) electrons. The number of halogens is 1. The summed E-state index contributed by atoms with van der Waals surface area (Å²) in [6.07, 6.45) is 1.33. The highest BCUT2D eigenvalue weighted by Crippen LogP contribution is 2.09. The van der Waals surface area contributed by atoms with E-state index in [0.717, 1.165) is 11.1 Å². The van der Waals surface area contributed by atoms with Gasteiger partial charge in [0.1, 0.15) is 17.5 Å². The van der Waals surface area contributed by atoms with Crippen molar-refractivity contribution in [1.29, 1.82) is 5.26 Å². The van der Waals surface area contributed by atoms with Crippen molar-refractivity contribution in [3.05, 3.63) is 77.2 Å². The third-order valence-corrected chi connectivity index (χ3v) is 3.23. The Morgan fingerprint density at radius 1 is 1.12 bits per heavy atom. The summed E-state index contributed by atoms with van der Waals surface area (Å²) in [6.45, 7) is 0.413. The molecule has 0 heterocycles. The maximum atomic E-state index is 12.8. The summed E-state index contributed by atoms with van der Waals surface area (Å²) in [6, 6.07) is 14.4. The van der Waals surface area contributed by atoms with Crippen molar-refractivity contribution in [2.24, 2.45) is 0 Å². The summed E-state index contributed by atoms with van der Waals surface area (Å²) >= 11 is 0. The van der Waals surface area contributed by atoms with E-state index in [0.29, 0.717) is 12.2 Å². The second-order valence-corrected chi connectivity index (χ2v) is 4.99. The Kier molecular flexibility index (Phi) is 6.06. The van der Waals surface area contributed by atoms with Gasteiger partial charge in [0.2, 0.25) is 0 Å². The van der Waals surface area contributed by atoms with Gasteiger partial charge in [-0.2, -0.15) is 5.26 Å². The van der Waals surface area contributed by atoms with Crippen LogP contribution in [0.5, 0.6) is 0 Å². The predicted octanol–water partition coefficient (Wildman–Crippen LogP) is 2.45. The Hall–Kier alpha value is -3.17. The van der Waals surface area contributed by atoms with Crippen LogP contribution in [0.4, 0.5) is 10.1 Å². The Morgan fingerprint density at radius 2 is 1.75 bits per heavy atom. The van der Waals surface area contributed by atoms with Crippen LogP contribution in [-0.4, -0.2) is 11.0 Å². The zero-order valence-corrected chi connectivity index (χ0v) is 12.8. The first kappa shape index (κ1) is 17.2. The molecule has 0 fully saturated rings. The van der Waals surface area contributed by atoms with Crippen molar-refractivity contribution in [3.8, 4) is 6.07 Å². The Morgan fingerprint density at radius 3 is 2.33 bits per heavy atom. The number of rotatable bonds is 6. The Labute approximate surface area is 139 Å². The monoisotopic (exact) mass is 325 g/mol. The minimum atomic E-state index is -0.577. The third kappa shape index (κ3) is 4.93. The van der Waals surface area contributed by atoms with Gasteiger partial charge in [-0.05, 0) is 35.4 Å². The molecule has 0 atom stereocenters. The summed E-state index contributed by atoms with van der Waals surface area (Å²) in [4.78, 5) is 12.0. The van der Waals surface area contributed by atoms with Gasteiger partial charge in [-0.15, -0.1) is 0 Å². The molecule has 3 N–H and O–H groups in total. The molecule has 1 amide bonds. The van der Waals surface area contributed by atoms with Gasteiger partial charge in [-0.3, -0.25) is 4.79 Å². The summed E-state index contributed by atoms with van der Waals surface area (Å²) in [5.74, 6) is -0.981. The molecule has 122 valence electrons. The van der Waals surface area contributed by atoms with E-state index >= 15 is 0 Å². The second-order valence-electron chi connectivity index (χ2n) is 4.99. The third-order valence-electron chi connectivity index (χ3n) is 3.23. The number of carbonyl (C=O) groups excluding carboxylic acids is 1. The van der Waals surface area contributed by atoms with Crippen LogP contribution in [0.15, 0.2) is 60.3 Å². The lowest BCUT2D eigenvalue weighted by atomic mass is 10.1. The minimum Gasteiger partial charge on any atom is -0.392 e. The summed E-state index contributed by atoms with van der Waals surface area (Å²) in [5.41, 5.74) is 2.07. The van der Waals surface area contributed by atoms with Gasteiger partial charge in [0.25, 0.3) is 5.91 Å². The van der Waals surface area contributed by atoms with Gasteiger partial charge in [-0.1, -0.05) is 24.3 Å². The van der Waals surface area contributed by atoms with Crippen molar-refractivity contribution in [3.63, 3.8) is 0 Å². The molecule has 0 aliphatic carbocycles. The maximum Gasteiger partial charge on any atom is 0.267 e. The lowest BCUT2D eigenvalue weighted by molar-refractivity contribution is -0.112. The largest absolute Gasteiger partial charge is 0.392 e. The van der Waals surface area contributed by atoms with E-state index in [9.17, 15) is 9.18 Å². The van der Waals surface area contributed by atoms with E-state index in [1.165, 1.54) is 30.5 Å². The van der Waals surface area contributed by atoms with Gasteiger partial charge in [0, 0.05) is 18.4 Å². The lowest BCUT2D eigenvalue weighted by Gasteiger charge is -2.06. The van der Waals surface area contributed by atoms with E-state index < -0.39 is 11.7 Å². The molecule has 0 aliphatic heterocycles. The molecule has 2 rings (SSSR count). The molecule has 0 spiro atoms. The average Bonchev–Trinajstić information content (AvgIpc) is 2.61. The molecule has 0 saturated carbocycles. The smallest absolute Gasteiger partial charge is 0.267 e. The van der Waals surface area contributed by atoms with Crippen LogP contribution in [0.2, 0.25) is 0 Å². The number of carbonyl (C=O) groups is 1. The number of hydrogen-bond donors (Lipinski definition) is 3. The molecular weight excluding hydrogens is 309 g/mol. The van der Waals surface area contributed by atoms with Crippen LogP contribution in [0.25, 0.3) is 0 Å². The van der Waals surface area contributed by atoms with E-state index in [1.54, 1.807) is 12.1 Å². The maximum absolute atomic E-state index is 12.8. The standard InChI is InChI=1S/C18H16FN3O2/c19-16-5-7-17(8-6-16)22-18(24)15(9-20)11-21-10-13-1-3-14(12-23)4-2-13/h1-8,11,21,23H,10,12H2,(H,22,24)/b15-11-. The zero-order valence-electron chi connectivity index (χ0n) is 12.8. The molecule has 5 nitrogen and oxygen atoms in total. The SMILES string of the molecule is N#C/C(=C/NCc1ccc(CO)cc1)C(=O)Nc1ccc(F)cc1. The molecule has 2 aromatic rings. The van der Waals surface area contributed by atoms with Gasteiger partial charge in [0.05, 0.1) is 6.61 Å². The molecule has 0 saturated heterocycles. The number of aliphatic hydroxyl groups is 1. The van der Waals surface area contributed by atoms with Gasteiger partial charge < -0.3 is 15.7 Å². The fraction of sp³-hybridized carbons (Fsp3) is 0.111. The molecule has 0 aliphatic rings. The number of aliphatic hydroxyl groups excluding tert-OH is 1. The van der Waals surface area contributed by atoms with E-state index in [2.05, 4.69) is 10.6 Å². The van der Waals surface area contributed by atoms with E-state index in [-0.39, 0.29) is 12.2 Å². The van der Waals surface area contributed by atoms with Crippen LogP contribution in [0, 0.1) is 17.1 Å². The number of hydrogen-bond acceptors (Lipinski definition) is 4. The van der Waals surface area contributed by atoms with Crippen LogP contribution in [0.1, 0.15) is 11.1 Å². The van der Waals surface area contributed by atoms with Crippen LogP contribution >= 0.6 is 0 Å². The lowest BCUT2D eigenvalue weighted by Crippen LogP contribution is -2.16. The number of benzene rings is 2. The van der Waals surface area contributed by atoms with Crippen molar-refractivity contribution in [2.75, 3.05) is 5.32 Å². The predicted molar refractivity (Wildman–Crippen MR) is 87.9 cm³/mol. The number of anilines is 1. The topological polar surface area (TPSA) is 85.2 Å². The Bertz CT molecular complexity index is 762. The minimum absolute atomic E-state index is 0.0181. The molecular formula is C18H16FN3O2. The number of nitrogens with zero attached hydrogens (tertiary/aromatic N) is 1. The first-order valence-electron chi connectivity index (χ1n) is 7.21. The zero-order chi connectivity index (χ0) is 17.4. The average molecular weight is 325 g/mol. The summed E-state index contributed by atoms with van der Waals surface area (Å²) in [7, 11) is 0. The van der Waals surface area contributed by atoms with Crippen molar-refractivity contribution >= 4 is 11.6 Å². The first-order valence-corrected chi connectivity index (χ1v) is 7.21. The highest BCUT2D eigenvalue weighted by Gasteiger charge is 2.09. The fourth-order valence-corrected chi connectivity index (χ4v) is 1.91. The molecule has 0 unspecified atom stereocenters. The Balaban J connectivity index is 1.93. The summed E-state index contributed by atoms with van der Waals surface area (Å²) in [5, 5.41) is 23.5. The van der Waals surface area contributed by atoms with Gasteiger partial charge in [-0.25, -0.2) is 4.39 Å². The van der Waals surface area contributed by atoms with Gasteiger partial charge >= 0.3 is 0 Å². The number of nitriles is 1. The van der Waals surface area contributed by atoms with Crippen molar-refractivity contribution in [2.45, 2.75) is 13.2 Å². The van der Waals surface area contributed by atoms with Crippen LogP contribution in [-0.2, 0) is 17.9 Å². The van der Waals surface area contributed by atoms with Crippen LogP contribution < -0.4 is 10.6 Å². The van der Waals surface area contributed by atoms with E-state index in [1.807, 2.05) is 18.2 Å². The normalized spacial score (nSPS) is 10.8. The second kappa shape index (κ2) is 8.46. The van der Waals surface area contributed by atoms with E-state index in [4.69, 9.17) is 10.4 Å². The first-order chi connectivity index (χ1) is 11.6. The molecule has 0 aromatic heterocycles. The fourth-order valence-electron chi connectivity index (χ4n) is 1.91. The molecule has 0 bridgehead atoms. The molecule has 6 heteroatoms. The number of amides is 1. The van der Waals surface area contributed by atoms with Gasteiger partial charge in [0.15, 0.2) is 0 Å². The summed E-state index contributed by atoms with van der Waals surface area (Å²) < 4.78 is 12.8. The molecule has 2 aromatic carbocycles. The molecule has 24 heavy (non-hydrogen) atoms. The highest BCUT2D eigenvalue weighted by molar-refractivity contribution is 6.06. The number of nitrogens with one attached hydrogen (secondary N) is 2.